The summed E-state index contributed by atoms with van der Waals surface area (Å²) in [6, 6.07) is 3.60. The van der Waals surface area contributed by atoms with Gasteiger partial charge in [0.15, 0.2) is 0 Å². The molecule has 2 rings (SSSR count). The van der Waals surface area contributed by atoms with E-state index in [1.807, 2.05) is 6.07 Å². The molecule has 0 spiro atoms. The van der Waals surface area contributed by atoms with Gasteiger partial charge in [-0.3, -0.25) is 0 Å². The second-order valence-electron chi connectivity index (χ2n) is 4.22. The van der Waals surface area contributed by atoms with Crippen molar-refractivity contribution in [1.82, 2.24) is 10.3 Å². The van der Waals surface area contributed by atoms with Crippen LogP contribution >= 0.6 is 11.6 Å². The van der Waals surface area contributed by atoms with Crippen LogP contribution in [-0.2, 0) is 0 Å². The summed E-state index contributed by atoms with van der Waals surface area (Å²) in [4.78, 5) is 4.08. The van der Waals surface area contributed by atoms with Crippen molar-refractivity contribution >= 4 is 11.6 Å². The Morgan fingerprint density at radius 2 is 2.47 bits per heavy atom. The van der Waals surface area contributed by atoms with Crippen LogP contribution in [0, 0.1) is 17.2 Å². The molecule has 2 heterocycles. The molecule has 0 amide bonds. The van der Waals surface area contributed by atoms with E-state index in [1.165, 1.54) is 0 Å². The summed E-state index contributed by atoms with van der Waals surface area (Å²) in [6.07, 6.45) is 2.67. The average molecular weight is 252 g/mol. The topological polar surface area (TPSA) is 57.9 Å². The first kappa shape index (κ1) is 12.2. The van der Waals surface area contributed by atoms with E-state index in [0.717, 1.165) is 19.5 Å². The number of hydrogen-bond acceptors (Lipinski definition) is 4. The number of piperidine rings is 1. The summed E-state index contributed by atoms with van der Waals surface area (Å²) in [5, 5.41) is 12.4. The van der Waals surface area contributed by atoms with Crippen molar-refractivity contribution in [3.8, 4) is 11.9 Å². The summed E-state index contributed by atoms with van der Waals surface area (Å²) >= 11 is 6.05. The van der Waals surface area contributed by atoms with Crippen molar-refractivity contribution in [3.63, 3.8) is 0 Å². The van der Waals surface area contributed by atoms with E-state index < -0.39 is 0 Å². The summed E-state index contributed by atoms with van der Waals surface area (Å²) < 4.78 is 5.78. The summed E-state index contributed by atoms with van der Waals surface area (Å²) in [5.41, 5.74) is 0.396. The van der Waals surface area contributed by atoms with Gasteiger partial charge in [-0.15, -0.1) is 0 Å². The number of aromatic nitrogens is 1. The lowest BCUT2D eigenvalue weighted by Gasteiger charge is -2.29. The molecule has 90 valence electrons. The fraction of sp³-hybridized carbons (Fsp3) is 0.500. The molecule has 1 aliphatic rings. The molecule has 1 aromatic heterocycles. The monoisotopic (exact) mass is 251 g/mol. The van der Waals surface area contributed by atoms with Gasteiger partial charge in [0, 0.05) is 12.7 Å². The number of halogens is 1. The quantitative estimate of drug-likeness (QED) is 0.873. The molecule has 1 saturated heterocycles. The highest BCUT2D eigenvalue weighted by Crippen LogP contribution is 2.27. The van der Waals surface area contributed by atoms with E-state index in [-0.39, 0.29) is 6.10 Å². The van der Waals surface area contributed by atoms with Crippen LogP contribution in [0.25, 0.3) is 0 Å². The lowest BCUT2D eigenvalue weighted by atomic mass is 9.97. The van der Waals surface area contributed by atoms with Crippen LogP contribution in [0.15, 0.2) is 12.3 Å². The SMILES string of the molecule is CC1CCNCC1Oc1nccc(C#N)c1Cl. The van der Waals surface area contributed by atoms with Gasteiger partial charge in [0.05, 0.1) is 5.56 Å². The van der Waals surface area contributed by atoms with E-state index in [0.29, 0.717) is 22.4 Å². The molecule has 1 aliphatic heterocycles. The first-order chi connectivity index (χ1) is 8.22. The lowest BCUT2D eigenvalue weighted by molar-refractivity contribution is 0.110. The number of pyridine rings is 1. The van der Waals surface area contributed by atoms with Gasteiger partial charge in [0.25, 0.3) is 0 Å². The van der Waals surface area contributed by atoms with Crippen LogP contribution in [0.5, 0.6) is 5.88 Å². The Labute approximate surface area is 106 Å². The minimum Gasteiger partial charge on any atom is -0.472 e. The van der Waals surface area contributed by atoms with Crippen molar-refractivity contribution in [2.45, 2.75) is 19.4 Å². The molecule has 0 aromatic carbocycles. The smallest absolute Gasteiger partial charge is 0.234 e. The second kappa shape index (κ2) is 5.35. The Kier molecular flexibility index (Phi) is 3.82. The van der Waals surface area contributed by atoms with E-state index in [4.69, 9.17) is 21.6 Å². The largest absolute Gasteiger partial charge is 0.472 e. The Bertz CT molecular complexity index is 444. The highest BCUT2D eigenvalue weighted by molar-refractivity contribution is 6.32. The van der Waals surface area contributed by atoms with E-state index in [9.17, 15) is 0 Å². The molecule has 0 aliphatic carbocycles. The molecule has 1 aromatic rings. The van der Waals surface area contributed by atoms with Crippen LogP contribution in [0.4, 0.5) is 0 Å². The van der Waals surface area contributed by atoms with Crippen molar-refractivity contribution in [2.24, 2.45) is 5.92 Å². The van der Waals surface area contributed by atoms with Crippen LogP contribution in [0.2, 0.25) is 5.02 Å². The molecule has 0 saturated carbocycles. The van der Waals surface area contributed by atoms with Crippen molar-refractivity contribution in [3.05, 3.63) is 22.8 Å². The van der Waals surface area contributed by atoms with E-state index >= 15 is 0 Å². The average Bonchev–Trinajstić information content (AvgIpc) is 2.34. The molecular weight excluding hydrogens is 238 g/mol. The van der Waals surface area contributed by atoms with Gasteiger partial charge in [-0.1, -0.05) is 18.5 Å². The fourth-order valence-corrected chi connectivity index (χ4v) is 2.05. The van der Waals surface area contributed by atoms with Crippen LogP contribution in [-0.4, -0.2) is 24.2 Å². The third kappa shape index (κ3) is 2.68. The Morgan fingerprint density at radius 3 is 3.18 bits per heavy atom. The molecule has 0 bridgehead atoms. The van der Waals surface area contributed by atoms with Gasteiger partial charge in [-0.25, -0.2) is 4.98 Å². The molecule has 17 heavy (non-hydrogen) atoms. The van der Waals surface area contributed by atoms with Crippen LogP contribution < -0.4 is 10.1 Å². The van der Waals surface area contributed by atoms with Gasteiger partial charge >= 0.3 is 0 Å². The molecule has 4 nitrogen and oxygen atoms in total. The van der Waals surface area contributed by atoms with Gasteiger partial charge in [-0.05, 0) is 24.9 Å². The highest BCUT2D eigenvalue weighted by Gasteiger charge is 2.24. The van der Waals surface area contributed by atoms with Gasteiger partial charge in [-0.2, -0.15) is 5.26 Å². The molecule has 1 fully saturated rings. The van der Waals surface area contributed by atoms with E-state index in [2.05, 4.69) is 17.2 Å². The lowest BCUT2D eigenvalue weighted by Crippen LogP contribution is -2.43. The number of nitrogens with zero attached hydrogens (tertiary/aromatic N) is 2. The minimum atomic E-state index is 0.0580. The number of rotatable bonds is 2. The minimum absolute atomic E-state index is 0.0580. The predicted molar refractivity (Wildman–Crippen MR) is 65.0 cm³/mol. The zero-order chi connectivity index (χ0) is 12.3. The van der Waals surface area contributed by atoms with Crippen LogP contribution in [0.1, 0.15) is 18.9 Å². The van der Waals surface area contributed by atoms with Crippen LogP contribution in [0.3, 0.4) is 0 Å². The number of nitrogens with one attached hydrogen (secondary N) is 1. The van der Waals surface area contributed by atoms with Gasteiger partial charge < -0.3 is 10.1 Å². The maximum absolute atomic E-state index is 8.87. The van der Waals surface area contributed by atoms with Crippen molar-refractivity contribution in [1.29, 1.82) is 5.26 Å². The first-order valence-electron chi connectivity index (χ1n) is 5.64. The fourth-order valence-electron chi connectivity index (χ4n) is 1.86. The summed E-state index contributed by atoms with van der Waals surface area (Å²) in [5.74, 6) is 0.811. The van der Waals surface area contributed by atoms with Gasteiger partial charge in [0.1, 0.15) is 17.2 Å². The Balaban J connectivity index is 2.16. The second-order valence-corrected chi connectivity index (χ2v) is 4.59. The van der Waals surface area contributed by atoms with Gasteiger partial charge in [0.2, 0.25) is 5.88 Å². The zero-order valence-corrected chi connectivity index (χ0v) is 10.4. The molecule has 1 N–H and O–H groups in total. The normalized spacial score (nSPS) is 24.1. The highest BCUT2D eigenvalue weighted by atomic mass is 35.5. The number of ether oxygens (including phenoxy) is 1. The molecular formula is C12H14ClN3O. The standard InChI is InChI=1S/C12H14ClN3O/c1-8-2-4-15-7-10(8)17-12-11(13)9(6-14)3-5-16-12/h3,5,8,10,15H,2,4,7H2,1H3. The maximum atomic E-state index is 8.87. The summed E-state index contributed by atoms with van der Waals surface area (Å²) in [6.45, 7) is 3.95. The molecule has 0 radical (unpaired) electrons. The third-order valence-electron chi connectivity index (χ3n) is 3.00. The van der Waals surface area contributed by atoms with Crippen molar-refractivity contribution in [2.75, 3.05) is 13.1 Å². The summed E-state index contributed by atoms with van der Waals surface area (Å²) in [7, 11) is 0. The first-order valence-corrected chi connectivity index (χ1v) is 6.02. The maximum Gasteiger partial charge on any atom is 0.234 e. The number of hydrogen-bond donors (Lipinski definition) is 1. The number of nitriles is 1. The molecule has 2 unspecified atom stereocenters. The molecule has 5 heteroatoms. The van der Waals surface area contributed by atoms with Crippen molar-refractivity contribution < 1.29 is 4.74 Å². The Morgan fingerprint density at radius 1 is 1.65 bits per heavy atom. The zero-order valence-electron chi connectivity index (χ0n) is 9.61. The molecule has 2 atom stereocenters. The van der Waals surface area contributed by atoms with E-state index in [1.54, 1.807) is 12.3 Å². The predicted octanol–water partition coefficient (Wildman–Crippen LogP) is 1.98. The third-order valence-corrected chi connectivity index (χ3v) is 3.36. The Hall–Kier alpha value is -1.31.